The van der Waals surface area contributed by atoms with Crippen LogP contribution in [0, 0.1) is 6.92 Å². The number of primary sulfonamides is 1. The molecule has 3 rings (SSSR count). The number of hydrogen-bond donors (Lipinski definition) is 4. The summed E-state index contributed by atoms with van der Waals surface area (Å²) in [4.78, 5) is 12.3. The monoisotopic (exact) mass is 424 g/mol. The van der Waals surface area contributed by atoms with E-state index < -0.39 is 26.0 Å². The van der Waals surface area contributed by atoms with E-state index in [0.717, 1.165) is 12.8 Å². The highest BCUT2D eigenvalue weighted by atomic mass is 32.2. The summed E-state index contributed by atoms with van der Waals surface area (Å²) < 4.78 is 49.8. The minimum atomic E-state index is -3.93. The van der Waals surface area contributed by atoms with E-state index in [9.17, 15) is 21.6 Å². The van der Waals surface area contributed by atoms with Crippen LogP contribution in [0.15, 0.2) is 52.3 Å². The summed E-state index contributed by atoms with van der Waals surface area (Å²) in [5, 5.41) is 5.09. The molecule has 1 aliphatic carbocycles. The highest BCUT2D eigenvalue weighted by molar-refractivity contribution is 7.89. The lowest BCUT2D eigenvalue weighted by atomic mass is 10.1. The zero-order valence-corrected chi connectivity index (χ0v) is 16.6. The molecule has 0 heterocycles. The lowest BCUT2D eigenvalue weighted by molar-refractivity contribution is 0.0962. The van der Waals surface area contributed by atoms with Gasteiger partial charge in [-0.25, -0.2) is 26.7 Å². The number of carbonyl (C=O) groups is 1. The average Bonchev–Trinajstić information content (AvgIpc) is 3.42. The SMILES string of the molecule is Cc1ccc(S(N)(=O)=O)cc1C(=O)NNc1ccc(S(=O)(=O)NC2CC2)cc1. The molecule has 2 aromatic carbocycles. The summed E-state index contributed by atoms with van der Waals surface area (Å²) >= 11 is 0. The van der Waals surface area contributed by atoms with Gasteiger partial charge >= 0.3 is 0 Å². The number of amides is 1. The third-order valence-electron chi connectivity index (χ3n) is 4.17. The van der Waals surface area contributed by atoms with Crippen molar-refractivity contribution < 1.29 is 21.6 Å². The highest BCUT2D eigenvalue weighted by Crippen LogP contribution is 2.22. The number of hydrogen-bond acceptors (Lipinski definition) is 6. The normalized spacial score (nSPS) is 14.5. The van der Waals surface area contributed by atoms with Crippen LogP contribution in [-0.2, 0) is 20.0 Å². The van der Waals surface area contributed by atoms with Crippen molar-refractivity contribution in [2.45, 2.75) is 35.6 Å². The summed E-state index contributed by atoms with van der Waals surface area (Å²) in [6, 6.07) is 9.88. The zero-order chi connectivity index (χ0) is 20.5. The van der Waals surface area contributed by atoms with Crippen molar-refractivity contribution >= 4 is 31.6 Å². The number of aryl methyl sites for hydroxylation is 1. The molecule has 150 valence electrons. The van der Waals surface area contributed by atoms with E-state index in [4.69, 9.17) is 5.14 Å². The summed E-state index contributed by atoms with van der Waals surface area (Å²) in [5.41, 5.74) is 6.28. The first-order valence-electron chi connectivity index (χ1n) is 8.38. The van der Waals surface area contributed by atoms with Crippen molar-refractivity contribution in [3.8, 4) is 0 Å². The van der Waals surface area contributed by atoms with Gasteiger partial charge in [-0.2, -0.15) is 0 Å². The molecule has 9 nitrogen and oxygen atoms in total. The summed E-state index contributed by atoms with van der Waals surface area (Å²) in [6.07, 6.45) is 1.69. The van der Waals surface area contributed by atoms with Gasteiger partial charge in [0.05, 0.1) is 15.5 Å². The van der Waals surface area contributed by atoms with Crippen molar-refractivity contribution in [3.63, 3.8) is 0 Å². The molecule has 1 fully saturated rings. The van der Waals surface area contributed by atoms with E-state index >= 15 is 0 Å². The second-order valence-corrected chi connectivity index (χ2v) is 9.80. The van der Waals surface area contributed by atoms with E-state index in [-0.39, 0.29) is 21.4 Å². The topological polar surface area (TPSA) is 147 Å². The molecule has 1 aliphatic rings. The molecule has 5 N–H and O–H groups in total. The van der Waals surface area contributed by atoms with Gasteiger partial charge in [-0.15, -0.1) is 0 Å². The molecule has 0 bridgehead atoms. The Labute approximate surface area is 163 Å². The smallest absolute Gasteiger partial charge is 0.269 e. The van der Waals surface area contributed by atoms with E-state index in [2.05, 4.69) is 15.6 Å². The van der Waals surface area contributed by atoms with Crippen LogP contribution >= 0.6 is 0 Å². The molecule has 0 atom stereocenters. The van der Waals surface area contributed by atoms with Crippen molar-refractivity contribution in [1.82, 2.24) is 10.1 Å². The van der Waals surface area contributed by atoms with Gasteiger partial charge in [-0.1, -0.05) is 6.07 Å². The van der Waals surface area contributed by atoms with Gasteiger partial charge in [0.25, 0.3) is 5.91 Å². The van der Waals surface area contributed by atoms with Crippen LogP contribution in [0.5, 0.6) is 0 Å². The Hall–Kier alpha value is -2.47. The third-order valence-corrected chi connectivity index (χ3v) is 6.61. The fourth-order valence-electron chi connectivity index (χ4n) is 2.43. The van der Waals surface area contributed by atoms with Crippen LogP contribution in [0.4, 0.5) is 5.69 Å². The van der Waals surface area contributed by atoms with Crippen LogP contribution < -0.4 is 20.7 Å². The van der Waals surface area contributed by atoms with Crippen LogP contribution in [0.2, 0.25) is 0 Å². The third kappa shape index (κ3) is 4.87. The quantitative estimate of drug-likeness (QED) is 0.484. The highest BCUT2D eigenvalue weighted by Gasteiger charge is 2.27. The Morgan fingerprint density at radius 2 is 1.61 bits per heavy atom. The maximum Gasteiger partial charge on any atom is 0.269 e. The van der Waals surface area contributed by atoms with Gasteiger partial charge in [-0.05, 0) is 61.7 Å². The molecule has 0 unspecified atom stereocenters. The molecule has 0 radical (unpaired) electrons. The van der Waals surface area contributed by atoms with Gasteiger partial charge in [0.1, 0.15) is 0 Å². The molecule has 28 heavy (non-hydrogen) atoms. The number of nitrogens with one attached hydrogen (secondary N) is 3. The summed E-state index contributed by atoms with van der Waals surface area (Å²) in [5.74, 6) is -0.560. The Morgan fingerprint density at radius 3 is 2.18 bits per heavy atom. The fraction of sp³-hybridized carbons (Fsp3) is 0.235. The Bertz CT molecular complexity index is 1110. The molecule has 1 amide bonds. The van der Waals surface area contributed by atoms with Gasteiger partial charge in [0.2, 0.25) is 20.0 Å². The molecular formula is C17H20N4O5S2. The molecule has 0 aromatic heterocycles. The Kier molecular flexibility index (Phi) is 5.44. The standard InChI is InChI=1S/C17H20N4O5S2/c1-11-2-7-15(27(18,23)24)10-16(11)17(22)20-19-12-5-8-14(9-6-12)28(25,26)21-13-3-4-13/h2,5-10,13,19,21H,3-4H2,1H3,(H,20,22)(H2,18,23,24). The second kappa shape index (κ2) is 7.51. The number of anilines is 1. The van der Waals surface area contributed by atoms with Crippen molar-refractivity contribution in [3.05, 3.63) is 53.6 Å². The lowest BCUT2D eigenvalue weighted by Gasteiger charge is -2.12. The zero-order valence-electron chi connectivity index (χ0n) is 15.0. The van der Waals surface area contributed by atoms with E-state index in [1.165, 1.54) is 42.5 Å². The average molecular weight is 425 g/mol. The van der Waals surface area contributed by atoms with Crippen molar-refractivity contribution in [2.24, 2.45) is 5.14 Å². The van der Waals surface area contributed by atoms with Gasteiger partial charge in [0, 0.05) is 11.6 Å². The van der Waals surface area contributed by atoms with Crippen LogP contribution in [0.1, 0.15) is 28.8 Å². The maximum atomic E-state index is 12.4. The van der Waals surface area contributed by atoms with Crippen LogP contribution in [-0.4, -0.2) is 28.8 Å². The predicted octanol–water partition coefficient (Wildman–Crippen LogP) is 0.840. The van der Waals surface area contributed by atoms with Crippen LogP contribution in [0.25, 0.3) is 0 Å². The molecule has 0 spiro atoms. The lowest BCUT2D eigenvalue weighted by Crippen LogP contribution is -2.30. The Balaban J connectivity index is 1.68. The van der Waals surface area contributed by atoms with E-state index in [1.807, 2.05) is 0 Å². The van der Waals surface area contributed by atoms with E-state index in [1.54, 1.807) is 6.92 Å². The molecule has 0 saturated heterocycles. The molecule has 11 heteroatoms. The largest absolute Gasteiger partial charge is 0.298 e. The van der Waals surface area contributed by atoms with Gasteiger partial charge < -0.3 is 0 Å². The first-order valence-corrected chi connectivity index (χ1v) is 11.4. The van der Waals surface area contributed by atoms with Gasteiger partial charge in [0.15, 0.2) is 0 Å². The van der Waals surface area contributed by atoms with E-state index in [0.29, 0.717) is 11.3 Å². The number of nitrogens with two attached hydrogens (primary N) is 1. The molecule has 1 saturated carbocycles. The number of rotatable bonds is 7. The van der Waals surface area contributed by atoms with Crippen molar-refractivity contribution in [2.75, 3.05) is 5.43 Å². The number of carbonyl (C=O) groups excluding carboxylic acids is 1. The number of sulfonamides is 2. The molecular weight excluding hydrogens is 404 g/mol. The number of benzene rings is 2. The summed E-state index contributed by atoms with van der Waals surface area (Å²) in [6.45, 7) is 1.66. The van der Waals surface area contributed by atoms with Crippen LogP contribution in [0.3, 0.4) is 0 Å². The predicted molar refractivity (Wildman–Crippen MR) is 103 cm³/mol. The molecule has 2 aromatic rings. The summed E-state index contributed by atoms with van der Waals surface area (Å²) in [7, 11) is -7.48. The minimum absolute atomic E-state index is 0.0124. The second-order valence-electron chi connectivity index (χ2n) is 6.52. The fourth-order valence-corrected chi connectivity index (χ4v) is 4.27. The Morgan fingerprint density at radius 1 is 1.00 bits per heavy atom. The van der Waals surface area contributed by atoms with Gasteiger partial charge in [-0.3, -0.25) is 15.6 Å². The van der Waals surface area contributed by atoms with Crippen molar-refractivity contribution in [1.29, 1.82) is 0 Å². The first kappa shape index (κ1) is 20.3. The molecule has 0 aliphatic heterocycles. The minimum Gasteiger partial charge on any atom is -0.298 e. The maximum absolute atomic E-state index is 12.4. The first-order chi connectivity index (χ1) is 13.1. The number of hydrazine groups is 1.